The monoisotopic (exact) mass is 793 g/mol. The van der Waals surface area contributed by atoms with E-state index in [1.807, 2.05) is 36.4 Å². The number of nitrogens with zero attached hydrogens (tertiary/aromatic N) is 1. The number of hydrogen-bond donors (Lipinski definition) is 0. The van der Waals surface area contributed by atoms with E-state index in [0.29, 0.717) is 0 Å². The van der Waals surface area contributed by atoms with Gasteiger partial charge in [0.2, 0.25) is 0 Å². The molecule has 3 aromatic heterocycles. The van der Waals surface area contributed by atoms with Crippen molar-refractivity contribution < 1.29 is 13.3 Å². The molecule has 0 bridgehead atoms. The average Bonchev–Trinajstić information content (AvgIpc) is 4.03. The standard InChI is InChI=1S/C58H35NO3/c1-2-13-37(14-3-1)48-33-39(49-35-55-57(47-20-8-10-23-52(47)61-55)58-56(49)46-19-7-11-24-53(46)62-58)27-32-50(48)59(41-30-31-45-44-18-6-9-22-51(44)60-54(45)34-41)40-28-25-38(26-29-40)43-21-12-16-36-15-4-5-17-42(36)43/h1-35H. The highest BCUT2D eigenvalue weighted by Crippen LogP contribution is 2.48. The first-order chi connectivity index (χ1) is 30.7. The minimum absolute atomic E-state index is 0.796. The van der Waals surface area contributed by atoms with Gasteiger partial charge in [-0.2, -0.15) is 0 Å². The summed E-state index contributed by atoms with van der Waals surface area (Å²) < 4.78 is 19.8. The Hall–Kier alpha value is -8.34. The molecule has 290 valence electrons. The lowest BCUT2D eigenvalue weighted by molar-refractivity contribution is 0.663. The van der Waals surface area contributed by atoms with Crippen LogP contribution in [-0.2, 0) is 0 Å². The molecule has 0 aliphatic rings. The molecule has 0 spiro atoms. The van der Waals surface area contributed by atoms with Gasteiger partial charge in [0, 0.05) is 49.9 Å². The van der Waals surface area contributed by atoms with Crippen molar-refractivity contribution in [2.75, 3.05) is 4.90 Å². The van der Waals surface area contributed by atoms with Crippen LogP contribution in [0.15, 0.2) is 226 Å². The molecule has 0 aliphatic carbocycles. The van der Waals surface area contributed by atoms with E-state index in [1.54, 1.807) is 0 Å². The van der Waals surface area contributed by atoms with Gasteiger partial charge < -0.3 is 18.2 Å². The summed E-state index contributed by atoms with van der Waals surface area (Å²) in [5, 5.41) is 8.83. The number of furan rings is 3. The van der Waals surface area contributed by atoms with Crippen LogP contribution in [0.25, 0.3) is 110 Å². The first-order valence-electron chi connectivity index (χ1n) is 21.0. The first kappa shape index (κ1) is 34.5. The highest BCUT2D eigenvalue weighted by Gasteiger charge is 2.24. The van der Waals surface area contributed by atoms with Crippen molar-refractivity contribution in [2.45, 2.75) is 0 Å². The third-order valence-electron chi connectivity index (χ3n) is 12.5. The first-order valence-corrected chi connectivity index (χ1v) is 21.0. The molecule has 0 N–H and O–H groups in total. The zero-order valence-electron chi connectivity index (χ0n) is 33.4. The molecule has 0 amide bonds. The molecule has 0 saturated carbocycles. The van der Waals surface area contributed by atoms with Crippen LogP contribution in [0.1, 0.15) is 0 Å². The lowest BCUT2D eigenvalue weighted by Crippen LogP contribution is -2.11. The predicted octanol–water partition coefficient (Wildman–Crippen LogP) is 17.0. The normalized spacial score (nSPS) is 11.9. The van der Waals surface area contributed by atoms with Crippen molar-refractivity contribution in [3.63, 3.8) is 0 Å². The van der Waals surface area contributed by atoms with E-state index in [4.69, 9.17) is 13.3 Å². The lowest BCUT2D eigenvalue weighted by atomic mass is 9.92. The van der Waals surface area contributed by atoms with Crippen LogP contribution >= 0.6 is 0 Å². The van der Waals surface area contributed by atoms with Gasteiger partial charge in [-0.05, 0) is 99.3 Å². The van der Waals surface area contributed by atoms with E-state index in [9.17, 15) is 0 Å². The van der Waals surface area contributed by atoms with Gasteiger partial charge in [0.05, 0.1) is 11.1 Å². The SMILES string of the molecule is c1ccc(-c2cc(-c3cc4oc5ccccc5c4c4oc5ccccc5c34)ccc2N(c2ccc(-c3cccc4ccccc34)cc2)c2ccc3c(c2)oc2ccccc23)cc1. The van der Waals surface area contributed by atoms with Crippen molar-refractivity contribution in [1.29, 1.82) is 0 Å². The topological polar surface area (TPSA) is 42.7 Å². The highest BCUT2D eigenvalue weighted by atomic mass is 16.3. The molecule has 0 aliphatic heterocycles. The van der Waals surface area contributed by atoms with Crippen molar-refractivity contribution in [3.05, 3.63) is 212 Å². The molecule has 10 aromatic carbocycles. The molecule has 0 atom stereocenters. The number of para-hydroxylation sites is 3. The number of anilines is 3. The fourth-order valence-electron chi connectivity index (χ4n) is 9.62. The molecular formula is C58H35NO3. The second kappa shape index (κ2) is 13.6. The average molecular weight is 794 g/mol. The fourth-order valence-corrected chi connectivity index (χ4v) is 9.62. The van der Waals surface area contributed by atoms with E-state index in [-0.39, 0.29) is 0 Å². The summed E-state index contributed by atoms with van der Waals surface area (Å²) in [5.41, 5.74) is 14.7. The molecule has 4 heteroatoms. The summed E-state index contributed by atoms with van der Waals surface area (Å²) in [7, 11) is 0. The van der Waals surface area contributed by atoms with Crippen LogP contribution < -0.4 is 4.90 Å². The number of fused-ring (bicyclic) bond motifs is 11. The Morgan fingerprint density at radius 1 is 0.290 bits per heavy atom. The zero-order chi connectivity index (χ0) is 40.7. The van der Waals surface area contributed by atoms with Crippen molar-refractivity contribution >= 4 is 93.7 Å². The molecule has 0 radical (unpaired) electrons. The minimum Gasteiger partial charge on any atom is -0.456 e. The fraction of sp³-hybridized carbons (Fsp3) is 0. The summed E-state index contributed by atoms with van der Waals surface area (Å²) in [6.45, 7) is 0. The van der Waals surface area contributed by atoms with Gasteiger partial charge in [-0.1, -0.05) is 146 Å². The van der Waals surface area contributed by atoms with Crippen molar-refractivity contribution in [2.24, 2.45) is 0 Å². The molecule has 4 nitrogen and oxygen atoms in total. The lowest BCUT2D eigenvalue weighted by Gasteiger charge is -2.28. The third-order valence-corrected chi connectivity index (χ3v) is 12.5. The summed E-state index contributed by atoms with van der Waals surface area (Å²) >= 11 is 0. The second-order valence-electron chi connectivity index (χ2n) is 16.0. The second-order valence-corrected chi connectivity index (χ2v) is 16.0. The van der Waals surface area contributed by atoms with E-state index in [1.165, 1.54) is 16.3 Å². The van der Waals surface area contributed by atoms with Crippen LogP contribution in [0, 0.1) is 0 Å². The Bertz CT molecular complexity index is 3870. The maximum Gasteiger partial charge on any atom is 0.147 e. The zero-order valence-corrected chi connectivity index (χ0v) is 33.4. The highest BCUT2D eigenvalue weighted by molar-refractivity contribution is 6.26. The quantitative estimate of drug-likeness (QED) is 0.168. The predicted molar refractivity (Wildman–Crippen MR) is 257 cm³/mol. The van der Waals surface area contributed by atoms with Crippen LogP contribution in [0.3, 0.4) is 0 Å². The van der Waals surface area contributed by atoms with Crippen molar-refractivity contribution in [1.82, 2.24) is 0 Å². The van der Waals surface area contributed by atoms with Gasteiger partial charge in [-0.25, -0.2) is 0 Å². The van der Waals surface area contributed by atoms with Gasteiger partial charge in [0.25, 0.3) is 0 Å². The molecule has 62 heavy (non-hydrogen) atoms. The summed E-state index contributed by atoms with van der Waals surface area (Å²) in [6.07, 6.45) is 0. The number of benzene rings is 10. The Morgan fingerprint density at radius 3 is 1.68 bits per heavy atom. The largest absolute Gasteiger partial charge is 0.456 e. The molecular weight excluding hydrogens is 759 g/mol. The molecule has 13 aromatic rings. The molecule has 13 rings (SSSR count). The smallest absolute Gasteiger partial charge is 0.147 e. The van der Waals surface area contributed by atoms with E-state index < -0.39 is 0 Å². The molecule has 0 saturated heterocycles. The van der Waals surface area contributed by atoms with E-state index >= 15 is 0 Å². The molecule has 0 fully saturated rings. The van der Waals surface area contributed by atoms with Gasteiger partial charge in [0.15, 0.2) is 0 Å². The van der Waals surface area contributed by atoms with Gasteiger partial charge >= 0.3 is 0 Å². The summed E-state index contributed by atoms with van der Waals surface area (Å²) in [6, 6.07) is 75.1. The van der Waals surface area contributed by atoms with Gasteiger partial charge in [0.1, 0.15) is 33.5 Å². The van der Waals surface area contributed by atoms with Crippen molar-refractivity contribution in [3.8, 4) is 33.4 Å². The number of rotatable bonds is 6. The Kier molecular flexibility index (Phi) is 7.57. The Morgan fingerprint density at radius 2 is 0.871 bits per heavy atom. The molecule has 3 heterocycles. The van der Waals surface area contributed by atoms with E-state index in [2.05, 4.69) is 181 Å². The Labute approximate surface area is 356 Å². The van der Waals surface area contributed by atoms with Gasteiger partial charge in [-0.15, -0.1) is 0 Å². The van der Waals surface area contributed by atoms with E-state index in [0.717, 1.165) is 111 Å². The maximum atomic E-state index is 6.73. The maximum absolute atomic E-state index is 6.73. The number of hydrogen-bond acceptors (Lipinski definition) is 4. The molecule has 0 unspecified atom stereocenters. The van der Waals surface area contributed by atoms with Crippen LogP contribution in [0.4, 0.5) is 17.1 Å². The third kappa shape index (κ3) is 5.33. The van der Waals surface area contributed by atoms with Crippen LogP contribution in [-0.4, -0.2) is 0 Å². The minimum atomic E-state index is 0.796. The van der Waals surface area contributed by atoms with Gasteiger partial charge in [-0.3, -0.25) is 0 Å². The summed E-state index contributed by atoms with van der Waals surface area (Å²) in [5.74, 6) is 0. The van der Waals surface area contributed by atoms with Crippen LogP contribution in [0.5, 0.6) is 0 Å². The summed E-state index contributed by atoms with van der Waals surface area (Å²) in [4.78, 5) is 2.36. The van der Waals surface area contributed by atoms with Crippen LogP contribution in [0.2, 0.25) is 0 Å². The Balaban J connectivity index is 1.05.